The lowest BCUT2D eigenvalue weighted by molar-refractivity contribution is -0.385. The lowest BCUT2D eigenvalue weighted by atomic mass is 9.90. The Hall–Kier alpha value is -1.73. The van der Waals surface area contributed by atoms with Crippen LogP contribution in [0.25, 0.3) is 0 Å². The largest absolute Gasteiger partial charge is 0.338 e. The van der Waals surface area contributed by atoms with E-state index in [9.17, 15) is 14.9 Å². The summed E-state index contributed by atoms with van der Waals surface area (Å²) in [5.74, 6) is -0.102. The first-order chi connectivity index (χ1) is 9.93. The first-order valence-corrected chi connectivity index (χ1v) is 7.16. The number of aromatic nitrogens is 1. The van der Waals surface area contributed by atoms with Crippen LogP contribution in [0.5, 0.6) is 0 Å². The molecule has 0 saturated carbocycles. The number of carbonyl (C=O) groups is 1. The molecule has 2 N–H and O–H groups in total. The molecule has 1 fully saturated rings. The Morgan fingerprint density at radius 2 is 2.38 bits per heavy atom. The van der Waals surface area contributed by atoms with Crippen LogP contribution in [0.1, 0.15) is 30.1 Å². The number of pyridine rings is 1. The number of hydrogen-bond acceptors (Lipinski definition) is 5. The summed E-state index contributed by atoms with van der Waals surface area (Å²) in [4.78, 5) is 28.1. The van der Waals surface area contributed by atoms with Crippen LogP contribution in [0.4, 0.5) is 5.69 Å². The Kier molecular flexibility index (Phi) is 4.74. The minimum absolute atomic E-state index is 0.0199. The van der Waals surface area contributed by atoms with Crippen molar-refractivity contribution in [3.63, 3.8) is 0 Å². The van der Waals surface area contributed by atoms with Gasteiger partial charge in [0.05, 0.1) is 10.5 Å². The molecule has 0 spiro atoms. The normalized spacial score (nSPS) is 22.1. The highest BCUT2D eigenvalue weighted by molar-refractivity contribution is 6.32. The number of nitrogens with zero attached hydrogens (tertiary/aromatic N) is 3. The Morgan fingerprint density at radius 1 is 1.67 bits per heavy atom. The summed E-state index contributed by atoms with van der Waals surface area (Å²) >= 11 is 5.91. The number of hydrogen-bond donors (Lipinski definition) is 1. The van der Waals surface area contributed by atoms with Crippen molar-refractivity contribution in [2.45, 2.75) is 25.8 Å². The van der Waals surface area contributed by atoms with Gasteiger partial charge in [-0.25, -0.2) is 4.98 Å². The molecular formula is C13H17ClN4O3. The predicted molar refractivity (Wildman–Crippen MR) is 78.2 cm³/mol. The van der Waals surface area contributed by atoms with E-state index in [1.165, 1.54) is 6.07 Å². The molecule has 1 aliphatic rings. The fourth-order valence-electron chi connectivity index (χ4n) is 2.52. The van der Waals surface area contributed by atoms with Crippen LogP contribution in [-0.2, 0) is 0 Å². The first-order valence-electron chi connectivity index (χ1n) is 6.78. The second kappa shape index (κ2) is 6.36. The summed E-state index contributed by atoms with van der Waals surface area (Å²) in [7, 11) is 0. The van der Waals surface area contributed by atoms with Crippen LogP contribution in [0.3, 0.4) is 0 Å². The van der Waals surface area contributed by atoms with E-state index in [0.717, 1.165) is 12.6 Å². The van der Waals surface area contributed by atoms with Gasteiger partial charge in [-0.3, -0.25) is 14.9 Å². The average molecular weight is 313 g/mol. The summed E-state index contributed by atoms with van der Waals surface area (Å²) in [6.45, 7) is 3.09. The minimum Gasteiger partial charge on any atom is -0.338 e. The van der Waals surface area contributed by atoms with E-state index in [4.69, 9.17) is 17.3 Å². The smallest absolute Gasteiger partial charge is 0.288 e. The van der Waals surface area contributed by atoms with Crippen molar-refractivity contribution in [1.29, 1.82) is 0 Å². The van der Waals surface area contributed by atoms with Crippen molar-refractivity contribution in [2.75, 3.05) is 13.1 Å². The fraction of sp³-hybridized carbons (Fsp3) is 0.538. The van der Waals surface area contributed by atoms with E-state index in [1.54, 1.807) is 4.90 Å². The topological polar surface area (TPSA) is 102 Å². The molecule has 1 aromatic rings. The van der Waals surface area contributed by atoms with Crippen LogP contribution < -0.4 is 5.73 Å². The van der Waals surface area contributed by atoms with Crippen molar-refractivity contribution in [3.05, 3.63) is 33.1 Å². The Bertz CT molecular complexity index is 566. The van der Waals surface area contributed by atoms with Crippen LogP contribution in [0, 0.1) is 16.0 Å². The van der Waals surface area contributed by atoms with E-state index in [-0.39, 0.29) is 34.3 Å². The summed E-state index contributed by atoms with van der Waals surface area (Å²) in [5.41, 5.74) is 5.84. The van der Waals surface area contributed by atoms with Gasteiger partial charge in [0.1, 0.15) is 11.3 Å². The number of nitro groups is 1. The third-order valence-electron chi connectivity index (χ3n) is 3.87. The number of carbonyl (C=O) groups excluding carboxylic acids is 1. The standard InChI is InChI=1S/C13H17ClN4O3/c1-2-8-7-17(4-3-11(8)15)13(19)10-5-9(18(20)21)6-16-12(10)14/h5-6,8,11H,2-4,7,15H2,1H3. The van der Waals surface area contributed by atoms with Gasteiger partial charge in [-0.15, -0.1) is 0 Å². The highest BCUT2D eigenvalue weighted by Gasteiger charge is 2.30. The SMILES string of the molecule is CCC1CN(C(=O)c2cc([N+](=O)[O-])cnc2Cl)CCC1N. The van der Waals surface area contributed by atoms with Crippen molar-refractivity contribution in [3.8, 4) is 0 Å². The summed E-state index contributed by atoms with van der Waals surface area (Å²) in [5, 5.41) is 10.8. The lowest BCUT2D eigenvalue weighted by Gasteiger charge is -2.36. The molecule has 0 aromatic carbocycles. The van der Waals surface area contributed by atoms with Crippen molar-refractivity contribution in [2.24, 2.45) is 11.7 Å². The molecule has 1 amide bonds. The Labute approximate surface area is 127 Å². The monoisotopic (exact) mass is 312 g/mol. The van der Waals surface area contributed by atoms with E-state index in [1.807, 2.05) is 6.92 Å². The molecule has 2 rings (SSSR count). The third-order valence-corrected chi connectivity index (χ3v) is 4.17. The molecule has 2 unspecified atom stereocenters. The lowest BCUT2D eigenvalue weighted by Crippen LogP contribution is -2.49. The second-order valence-electron chi connectivity index (χ2n) is 5.16. The predicted octanol–water partition coefficient (Wildman–Crippen LogP) is 1.84. The number of amides is 1. The maximum absolute atomic E-state index is 12.5. The van der Waals surface area contributed by atoms with Crippen LogP contribution in [0.2, 0.25) is 5.15 Å². The number of likely N-dealkylation sites (tertiary alicyclic amines) is 1. The summed E-state index contributed by atoms with van der Waals surface area (Å²) < 4.78 is 0. The third kappa shape index (κ3) is 3.30. The van der Waals surface area contributed by atoms with Gasteiger partial charge in [-0.05, 0) is 12.3 Å². The van der Waals surface area contributed by atoms with Gasteiger partial charge in [0.15, 0.2) is 0 Å². The molecule has 2 heterocycles. The minimum atomic E-state index is -0.596. The second-order valence-corrected chi connectivity index (χ2v) is 5.52. The molecule has 1 aromatic heterocycles. The Morgan fingerprint density at radius 3 is 3.00 bits per heavy atom. The first kappa shape index (κ1) is 15.7. The van der Waals surface area contributed by atoms with Crippen LogP contribution >= 0.6 is 11.6 Å². The molecule has 0 radical (unpaired) electrons. The van der Waals surface area contributed by atoms with E-state index in [2.05, 4.69) is 4.98 Å². The number of nitrogens with two attached hydrogens (primary N) is 1. The fourth-order valence-corrected chi connectivity index (χ4v) is 2.71. The van der Waals surface area contributed by atoms with Gasteiger partial charge in [0, 0.05) is 25.2 Å². The van der Waals surface area contributed by atoms with E-state index < -0.39 is 4.92 Å². The molecule has 1 aliphatic heterocycles. The molecule has 1 saturated heterocycles. The van der Waals surface area contributed by atoms with Gasteiger partial charge in [0.25, 0.3) is 11.6 Å². The highest BCUT2D eigenvalue weighted by atomic mass is 35.5. The molecule has 7 nitrogen and oxygen atoms in total. The molecule has 2 atom stereocenters. The number of rotatable bonds is 3. The van der Waals surface area contributed by atoms with Gasteiger partial charge >= 0.3 is 0 Å². The van der Waals surface area contributed by atoms with Gasteiger partial charge in [-0.1, -0.05) is 24.9 Å². The van der Waals surface area contributed by atoms with Crippen molar-refractivity contribution < 1.29 is 9.72 Å². The molecule has 0 bridgehead atoms. The van der Waals surface area contributed by atoms with Crippen LogP contribution in [0.15, 0.2) is 12.3 Å². The van der Waals surface area contributed by atoms with Crippen molar-refractivity contribution >= 4 is 23.2 Å². The van der Waals surface area contributed by atoms with Crippen LogP contribution in [-0.4, -0.2) is 39.8 Å². The summed E-state index contributed by atoms with van der Waals surface area (Å²) in [6.07, 6.45) is 2.64. The zero-order valence-electron chi connectivity index (χ0n) is 11.7. The van der Waals surface area contributed by atoms with E-state index in [0.29, 0.717) is 19.5 Å². The summed E-state index contributed by atoms with van der Waals surface area (Å²) in [6, 6.07) is 1.26. The number of piperidine rings is 1. The maximum atomic E-state index is 12.5. The van der Waals surface area contributed by atoms with Crippen molar-refractivity contribution in [1.82, 2.24) is 9.88 Å². The zero-order valence-corrected chi connectivity index (χ0v) is 12.4. The van der Waals surface area contributed by atoms with Gasteiger partial charge in [0.2, 0.25) is 0 Å². The average Bonchev–Trinajstić information content (AvgIpc) is 2.47. The van der Waals surface area contributed by atoms with Gasteiger partial charge < -0.3 is 10.6 Å². The molecule has 8 heteroatoms. The highest BCUT2D eigenvalue weighted by Crippen LogP contribution is 2.24. The molecular weight excluding hydrogens is 296 g/mol. The maximum Gasteiger partial charge on any atom is 0.288 e. The number of halogens is 1. The molecule has 21 heavy (non-hydrogen) atoms. The quantitative estimate of drug-likeness (QED) is 0.521. The zero-order chi connectivity index (χ0) is 15.6. The molecule has 0 aliphatic carbocycles. The Balaban J connectivity index is 2.24. The molecule has 114 valence electrons. The van der Waals surface area contributed by atoms with E-state index >= 15 is 0 Å². The van der Waals surface area contributed by atoms with Gasteiger partial charge in [-0.2, -0.15) is 0 Å².